The Hall–Kier alpha value is -10.3. The quantitative estimate of drug-likeness (QED) is 0.161. The van der Waals surface area contributed by atoms with E-state index >= 15 is 0 Å². The average Bonchev–Trinajstić information content (AvgIpc) is 1.50. The monoisotopic (exact) mass is 1340 g/mol. The number of hydrogen-bond donors (Lipinski definition) is 0. The van der Waals surface area contributed by atoms with Gasteiger partial charge in [-0.2, -0.15) is 0 Å². The summed E-state index contributed by atoms with van der Waals surface area (Å²) < 4.78 is 14.2. The molecule has 0 saturated heterocycles. The minimum absolute atomic E-state index is 0.242. The first-order chi connectivity index (χ1) is 43.9. The molecule has 5 aliphatic rings. The van der Waals surface area contributed by atoms with Crippen molar-refractivity contribution in [2.24, 2.45) is 0 Å². The van der Waals surface area contributed by atoms with E-state index in [-0.39, 0.29) is 10.8 Å². The van der Waals surface area contributed by atoms with E-state index < -0.39 is 17.6 Å². The molecule has 0 saturated carbocycles. The van der Waals surface area contributed by atoms with Gasteiger partial charge in [0.1, 0.15) is 0 Å². The van der Waals surface area contributed by atoms with Crippen LogP contribution in [-0.4, -0.2) is 17.4 Å². The first-order valence-corrected chi connectivity index (χ1v) is 33.2. The van der Waals surface area contributed by atoms with Crippen LogP contribution in [0.1, 0.15) is 52.7 Å². The van der Waals surface area contributed by atoms with Crippen LogP contribution in [0.5, 0.6) is 11.5 Å². The van der Waals surface area contributed by atoms with Gasteiger partial charge in [0.25, 0.3) is 0 Å². The Morgan fingerprint density at radius 2 is 0.644 bits per heavy atom. The molecule has 0 fully saturated rings. The minimum atomic E-state index is -1.34. The SMILES string of the molecule is CC(C)(C)c1cc2c3c(c1)-c1ccc4c(c1)c1cc(ccc1n4-c1ccccc1)-c1cc(C(C)(C)C)cc(c1N1[C]4=[Pt]=[C]5N(c6[c-]c(ccc6)Oc6[c-]c(ccc6)N4c4ccccc41)c1ccccc1N53)-c1ccc3c(c1)c1cc-2ccc1n3-c1ccccc1. The number of nitrogens with zero attached hydrogens (tertiary/aromatic N) is 6. The second kappa shape index (κ2) is 18.6. The second-order valence-corrected chi connectivity index (χ2v) is 29.0. The molecule has 8 heteroatoms. The first kappa shape index (κ1) is 51.7. The van der Waals surface area contributed by atoms with Gasteiger partial charge in [-0.25, -0.2) is 0 Å². The number of aromatic nitrogens is 2. The standard InChI is InChI=1S/C82H58N6O.Pt/c1-81(2,3)55-43-63-51-31-35-71-67(39-51)69-41-53(33-37-73(69)87(71)57-19-9-7-10-20-57)65-45-56(82(4,5)6)46-66-54-34-38-74-70(42-54)68-40-52(32-36-72(68)88(74)58-21-11-8-12-22-58)64(44-55)79(63)85-49-83(75-27-13-15-29-77(75)85)59-23-17-25-61(47-59)89-62-26-18-24-60(48-62)84-50-86(80(65)66)78-30-16-14-28-76(78)84;/h7-46H,1-6H3;/q-2;. The molecule has 7 heterocycles. The second-order valence-electron chi connectivity index (χ2n) is 26.4. The molecule has 0 unspecified atom stereocenters. The molecule has 14 aromatic rings. The number of para-hydroxylation sites is 6. The van der Waals surface area contributed by atoms with Gasteiger partial charge in [-0.05, 0) is 0 Å². The number of rotatable bonds is 2. The van der Waals surface area contributed by atoms with Gasteiger partial charge >= 0.3 is 522 Å². The molecular formula is C82H58N6OPt-2. The Bertz CT molecular complexity index is 5050. The Morgan fingerprint density at radius 1 is 0.322 bits per heavy atom. The van der Waals surface area contributed by atoms with Crippen molar-refractivity contribution in [1.29, 1.82) is 0 Å². The molecular weight excluding hydrogens is 1280 g/mol. The van der Waals surface area contributed by atoms with Crippen LogP contribution < -0.4 is 24.3 Å². The van der Waals surface area contributed by atoms with Crippen molar-refractivity contribution in [3.63, 3.8) is 0 Å². The van der Waals surface area contributed by atoms with Crippen LogP contribution in [0.15, 0.2) is 243 Å². The Morgan fingerprint density at radius 3 is 0.978 bits per heavy atom. The molecule has 19 rings (SSSR count). The van der Waals surface area contributed by atoms with Gasteiger partial charge in [0.15, 0.2) is 0 Å². The number of benzene rings is 12. The third-order valence-electron chi connectivity index (χ3n) is 19.0. The molecule has 0 N–H and O–H groups in total. The fraction of sp³-hybridized carbons (Fsp3) is 0.0976. The Kier molecular flexibility index (Phi) is 10.7. The number of hydrogen-bond acceptors (Lipinski definition) is 5. The van der Waals surface area contributed by atoms with Crippen molar-refractivity contribution in [3.05, 3.63) is 266 Å². The molecule has 5 aliphatic heterocycles. The zero-order chi connectivity index (χ0) is 60.1. The molecule has 0 amide bonds. The number of fused-ring (bicyclic) bond motifs is 18. The summed E-state index contributed by atoms with van der Waals surface area (Å²) in [5.74, 6) is 1.24. The molecule has 16 bridgehead atoms. The summed E-state index contributed by atoms with van der Waals surface area (Å²) in [6.45, 7) is 14.2. The van der Waals surface area contributed by atoms with Crippen LogP contribution in [0, 0.1) is 12.1 Å². The number of ether oxygens (including phenoxy) is 1. The van der Waals surface area contributed by atoms with Crippen LogP contribution >= 0.6 is 0 Å². The van der Waals surface area contributed by atoms with Crippen molar-refractivity contribution < 1.29 is 22.4 Å². The number of anilines is 8. The summed E-state index contributed by atoms with van der Waals surface area (Å²) in [5, 5.41) is 4.76. The Balaban J connectivity index is 1.11. The summed E-state index contributed by atoms with van der Waals surface area (Å²) in [6.07, 6.45) is 0. The molecule has 12 aromatic carbocycles. The van der Waals surface area contributed by atoms with Gasteiger partial charge in [-0.3, -0.25) is 0 Å². The zero-order valence-corrected chi connectivity index (χ0v) is 52.8. The molecule has 0 radical (unpaired) electrons. The third-order valence-corrected chi connectivity index (χ3v) is 22.0. The molecule has 0 aliphatic carbocycles. The van der Waals surface area contributed by atoms with E-state index in [4.69, 9.17) is 4.74 Å². The molecule has 2 aromatic heterocycles. The van der Waals surface area contributed by atoms with Gasteiger partial charge in [0.05, 0.1) is 0 Å². The summed E-state index contributed by atoms with van der Waals surface area (Å²) in [5.41, 5.74) is 26.4. The summed E-state index contributed by atoms with van der Waals surface area (Å²) in [4.78, 5) is 10.4. The summed E-state index contributed by atoms with van der Waals surface area (Å²) in [6, 6.07) is 99.6. The van der Waals surface area contributed by atoms with Crippen LogP contribution in [0.4, 0.5) is 45.5 Å². The molecule has 90 heavy (non-hydrogen) atoms. The van der Waals surface area contributed by atoms with Crippen LogP contribution in [0.2, 0.25) is 0 Å². The predicted molar refractivity (Wildman–Crippen MR) is 370 cm³/mol. The Labute approximate surface area is 530 Å². The molecule has 434 valence electrons. The van der Waals surface area contributed by atoms with Crippen molar-refractivity contribution in [2.75, 3.05) is 19.6 Å². The molecule has 0 atom stereocenters. The van der Waals surface area contributed by atoms with Crippen LogP contribution in [0.3, 0.4) is 0 Å². The van der Waals surface area contributed by atoms with E-state index in [9.17, 15) is 0 Å². The normalized spacial score (nSPS) is 14.3. The van der Waals surface area contributed by atoms with Crippen molar-refractivity contribution in [2.45, 2.75) is 52.4 Å². The third kappa shape index (κ3) is 7.44. The predicted octanol–water partition coefficient (Wildman–Crippen LogP) is 21.0. The topological polar surface area (TPSA) is 32.1 Å². The summed E-state index contributed by atoms with van der Waals surface area (Å²) >= 11 is -1.34. The van der Waals surface area contributed by atoms with E-state index in [1.807, 2.05) is 12.1 Å². The van der Waals surface area contributed by atoms with Gasteiger partial charge in [0, 0.05) is 0 Å². The van der Waals surface area contributed by atoms with E-state index in [0.717, 1.165) is 132 Å². The van der Waals surface area contributed by atoms with E-state index in [2.05, 4.69) is 313 Å². The maximum absolute atomic E-state index is 6.93. The molecule has 7 nitrogen and oxygen atoms in total. The van der Waals surface area contributed by atoms with E-state index in [1.54, 1.807) is 0 Å². The summed E-state index contributed by atoms with van der Waals surface area (Å²) in [7, 11) is 0. The van der Waals surface area contributed by atoms with Crippen LogP contribution in [0.25, 0.3) is 99.5 Å². The molecule has 0 spiro atoms. The van der Waals surface area contributed by atoms with Crippen molar-refractivity contribution in [1.82, 2.24) is 9.13 Å². The zero-order valence-electron chi connectivity index (χ0n) is 50.5. The van der Waals surface area contributed by atoms with E-state index in [1.165, 1.54) is 32.7 Å². The van der Waals surface area contributed by atoms with E-state index in [0.29, 0.717) is 11.5 Å². The van der Waals surface area contributed by atoms with Gasteiger partial charge in [-0.15, -0.1) is 0 Å². The van der Waals surface area contributed by atoms with Crippen LogP contribution in [-0.2, 0) is 28.5 Å². The van der Waals surface area contributed by atoms with Gasteiger partial charge in [0.2, 0.25) is 0 Å². The van der Waals surface area contributed by atoms with Gasteiger partial charge in [-0.1, -0.05) is 12.1 Å². The maximum atomic E-state index is 6.93. The fourth-order valence-electron chi connectivity index (χ4n) is 14.6. The van der Waals surface area contributed by atoms with Crippen molar-refractivity contribution >= 4 is 97.4 Å². The fourth-order valence-corrected chi connectivity index (χ4v) is 18.2. The van der Waals surface area contributed by atoms with Crippen molar-refractivity contribution in [3.8, 4) is 67.4 Å². The average molecular weight is 1340 g/mol. The van der Waals surface area contributed by atoms with Gasteiger partial charge < -0.3 is 0 Å². The first-order valence-electron chi connectivity index (χ1n) is 31.0.